The van der Waals surface area contributed by atoms with Crippen LogP contribution in [-0.4, -0.2) is 38.0 Å². The summed E-state index contributed by atoms with van der Waals surface area (Å²) < 4.78 is 39.2. The molecule has 1 aromatic carbocycles. The lowest BCUT2D eigenvalue weighted by atomic mass is 10.0. The van der Waals surface area contributed by atoms with Crippen LogP contribution in [0.5, 0.6) is 0 Å². The van der Waals surface area contributed by atoms with Crippen molar-refractivity contribution in [3.63, 3.8) is 0 Å². The Morgan fingerprint density at radius 3 is 2.22 bits per heavy atom. The largest absolute Gasteiger partial charge is 0.387 e. The normalized spacial score (nSPS) is 15.7. The molecule has 18 heavy (non-hydrogen) atoms. The predicted molar refractivity (Wildman–Crippen MR) is 66.6 cm³/mol. The Hall–Kier alpha value is -1.02. The van der Waals surface area contributed by atoms with Gasteiger partial charge in [0, 0.05) is 14.1 Å². The lowest BCUT2D eigenvalue weighted by Gasteiger charge is -2.22. The van der Waals surface area contributed by atoms with Crippen molar-refractivity contribution in [2.75, 3.05) is 14.1 Å². The van der Waals surface area contributed by atoms with Gasteiger partial charge in [-0.3, -0.25) is 0 Å². The first-order valence-corrected chi connectivity index (χ1v) is 6.81. The minimum Gasteiger partial charge on any atom is -0.387 e. The van der Waals surface area contributed by atoms with Crippen molar-refractivity contribution in [3.8, 4) is 0 Å². The summed E-state index contributed by atoms with van der Waals surface area (Å²) in [4.78, 5) is 0. The number of hydrogen-bond acceptors (Lipinski definition) is 3. The fraction of sp³-hybridized carbons (Fsp3) is 0.455. The fourth-order valence-corrected chi connectivity index (χ4v) is 2.16. The zero-order chi connectivity index (χ0) is 13.9. The Morgan fingerprint density at radius 1 is 1.28 bits per heavy atom. The fourth-order valence-electron chi connectivity index (χ4n) is 1.35. The lowest BCUT2D eigenvalue weighted by molar-refractivity contribution is 0.145. The number of nitrogens with zero attached hydrogens (tertiary/aromatic N) is 1. The Balaban J connectivity index is 2.79. The van der Waals surface area contributed by atoms with Gasteiger partial charge in [0.15, 0.2) is 0 Å². The standard InChI is InChI=1S/C11H17FN2O3S/c1-8(13-18(16,17)14(2)3)11(15)9-4-6-10(12)7-5-9/h4-8,11,13,15H,1-3H3. The van der Waals surface area contributed by atoms with Crippen molar-refractivity contribution >= 4 is 10.2 Å². The third kappa shape index (κ3) is 3.74. The van der Waals surface area contributed by atoms with Crippen LogP contribution in [0.25, 0.3) is 0 Å². The minimum atomic E-state index is -3.61. The van der Waals surface area contributed by atoms with E-state index in [0.29, 0.717) is 5.56 Å². The van der Waals surface area contributed by atoms with Crippen LogP contribution in [0.1, 0.15) is 18.6 Å². The molecule has 0 amide bonds. The van der Waals surface area contributed by atoms with Crippen LogP contribution in [0.3, 0.4) is 0 Å². The first kappa shape index (κ1) is 15.0. The van der Waals surface area contributed by atoms with Crippen LogP contribution >= 0.6 is 0 Å². The lowest BCUT2D eigenvalue weighted by Crippen LogP contribution is -2.43. The van der Waals surface area contributed by atoms with Gasteiger partial charge in [0.1, 0.15) is 5.82 Å². The van der Waals surface area contributed by atoms with Crippen molar-refractivity contribution in [3.05, 3.63) is 35.6 Å². The van der Waals surface area contributed by atoms with Gasteiger partial charge in [-0.05, 0) is 24.6 Å². The van der Waals surface area contributed by atoms with E-state index in [0.717, 1.165) is 4.31 Å². The van der Waals surface area contributed by atoms with Crippen LogP contribution < -0.4 is 4.72 Å². The molecule has 0 spiro atoms. The average molecular weight is 276 g/mol. The summed E-state index contributed by atoms with van der Waals surface area (Å²) in [5.74, 6) is -0.410. The highest BCUT2D eigenvalue weighted by atomic mass is 32.2. The topological polar surface area (TPSA) is 69.6 Å². The summed E-state index contributed by atoms with van der Waals surface area (Å²) in [5, 5.41) is 9.96. The third-order valence-electron chi connectivity index (χ3n) is 2.50. The van der Waals surface area contributed by atoms with Gasteiger partial charge in [-0.2, -0.15) is 17.4 Å². The second kappa shape index (κ2) is 5.75. The SMILES string of the molecule is CC(NS(=O)(=O)N(C)C)C(O)c1ccc(F)cc1. The van der Waals surface area contributed by atoms with E-state index in [2.05, 4.69) is 4.72 Å². The number of aliphatic hydroxyl groups is 1. The van der Waals surface area contributed by atoms with E-state index in [4.69, 9.17) is 0 Å². The van der Waals surface area contributed by atoms with Crippen LogP contribution in [0.4, 0.5) is 4.39 Å². The molecule has 0 aliphatic heterocycles. The first-order chi connectivity index (χ1) is 8.24. The van der Waals surface area contributed by atoms with Crippen molar-refractivity contribution in [1.82, 2.24) is 9.03 Å². The van der Waals surface area contributed by atoms with E-state index < -0.39 is 28.2 Å². The zero-order valence-electron chi connectivity index (χ0n) is 10.5. The first-order valence-electron chi connectivity index (χ1n) is 5.37. The molecule has 5 nitrogen and oxygen atoms in total. The molecule has 2 unspecified atom stereocenters. The molecule has 2 atom stereocenters. The molecule has 0 radical (unpaired) electrons. The molecule has 1 rings (SSSR count). The number of benzene rings is 1. The van der Waals surface area contributed by atoms with Gasteiger partial charge in [0.05, 0.1) is 12.1 Å². The van der Waals surface area contributed by atoms with Gasteiger partial charge in [-0.25, -0.2) is 4.39 Å². The summed E-state index contributed by atoms with van der Waals surface area (Å²) in [6.45, 7) is 1.54. The van der Waals surface area contributed by atoms with E-state index in [1.165, 1.54) is 45.3 Å². The molecule has 7 heteroatoms. The van der Waals surface area contributed by atoms with Gasteiger partial charge in [-0.15, -0.1) is 0 Å². The second-order valence-electron chi connectivity index (χ2n) is 4.19. The second-order valence-corrected chi connectivity index (χ2v) is 6.11. The molecular weight excluding hydrogens is 259 g/mol. The molecule has 0 saturated heterocycles. The van der Waals surface area contributed by atoms with Crippen LogP contribution in [0, 0.1) is 5.82 Å². The Morgan fingerprint density at radius 2 is 1.78 bits per heavy atom. The summed E-state index contributed by atoms with van der Waals surface area (Å²) in [6, 6.07) is 4.54. The van der Waals surface area contributed by atoms with E-state index in [1.54, 1.807) is 0 Å². The summed E-state index contributed by atoms with van der Waals surface area (Å²) >= 11 is 0. The number of nitrogens with one attached hydrogen (secondary N) is 1. The minimum absolute atomic E-state index is 0.410. The zero-order valence-corrected chi connectivity index (χ0v) is 11.3. The molecule has 0 fully saturated rings. The summed E-state index contributed by atoms with van der Waals surface area (Å²) in [5.41, 5.74) is 0.449. The van der Waals surface area contributed by atoms with Crippen LogP contribution in [0.2, 0.25) is 0 Å². The van der Waals surface area contributed by atoms with Gasteiger partial charge in [0.25, 0.3) is 10.2 Å². The number of halogens is 1. The van der Waals surface area contributed by atoms with Gasteiger partial charge < -0.3 is 5.11 Å². The molecule has 2 N–H and O–H groups in total. The Bertz CT molecular complexity index is 488. The van der Waals surface area contributed by atoms with Crippen molar-refractivity contribution in [1.29, 1.82) is 0 Å². The van der Waals surface area contributed by atoms with Crippen molar-refractivity contribution in [2.45, 2.75) is 19.1 Å². The molecule has 0 bridgehead atoms. The molecular formula is C11H17FN2O3S. The Kier molecular flexibility index (Phi) is 4.80. The maximum absolute atomic E-state index is 12.7. The maximum Gasteiger partial charge on any atom is 0.279 e. The number of hydrogen-bond donors (Lipinski definition) is 2. The summed E-state index contributed by atoms with van der Waals surface area (Å²) in [6.07, 6.45) is -1.04. The molecule has 0 aliphatic carbocycles. The highest BCUT2D eigenvalue weighted by molar-refractivity contribution is 7.87. The highest BCUT2D eigenvalue weighted by Gasteiger charge is 2.23. The van der Waals surface area contributed by atoms with Crippen molar-refractivity contribution in [2.24, 2.45) is 0 Å². The monoisotopic (exact) mass is 276 g/mol. The highest BCUT2D eigenvalue weighted by Crippen LogP contribution is 2.17. The van der Waals surface area contributed by atoms with Gasteiger partial charge in [-0.1, -0.05) is 12.1 Å². The van der Waals surface area contributed by atoms with Crippen LogP contribution in [0.15, 0.2) is 24.3 Å². The van der Waals surface area contributed by atoms with Crippen LogP contribution in [-0.2, 0) is 10.2 Å². The predicted octanol–water partition coefficient (Wildman–Crippen LogP) is 0.644. The Labute approximate surface area is 106 Å². The van der Waals surface area contributed by atoms with E-state index >= 15 is 0 Å². The third-order valence-corrected chi connectivity index (χ3v) is 4.13. The van der Waals surface area contributed by atoms with E-state index in [-0.39, 0.29) is 0 Å². The summed E-state index contributed by atoms with van der Waals surface area (Å²) in [7, 11) is -0.833. The number of rotatable bonds is 5. The average Bonchev–Trinajstić information content (AvgIpc) is 2.28. The van der Waals surface area contributed by atoms with E-state index in [1.807, 2.05) is 0 Å². The van der Waals surface area contributed by atoms with Gasteiger partial charge >= 0.3 is 0 Å². The maximum atomic E-state index is 12.7. The van der Waals surface area contributed by atoms with Gasteiger partial charge in [0.2, 0.25) is 0 Å². The quantitative estimate of drug-likeness (QED) is 0.829. The molecule has 0 aromatic heterocycles. The molecule has 0 heterocycles. The smallest absolute Gasteiger partial charge is 0.279 e. The molecule has 0 saturated carbocycles. The number of aliphatic hydroxyl groups excluding tert-OH is 1. The molecule has 1 aromatic rings. The van der Waals surface area contributed by atoms with E-state index in [9.17, 15) is 17.9 Å². The van der Waals surface area contributed by atoms with Crippen molar-refractivity contribution < 1.29 is 17.9 Å². The molecule has 102 valence electrons. The molecule has 0 aliphatic rings.